The molecule has 0 radical (unpaired) electrons. The van der Waals surface area contributed by atoms with E-state index >= 15 is 0 Å². The highest BCUT2D eigenvalue weighted by Gasteiger charge is 2.28. The van der Waals surface area contributed by atoms with Crippen LogP contribution in [0.5, 0.6) is 0 Å². The molecule has 0 aromatic heterocycles. The van der Waals surface area contributed by atoms with Crippen molar-refractivity contribution in [1.82, 2.24) is 9.21 Å². The Morgan fingerprint density at radius 2 is 1.69 bits per heavy atom. The molecule has 1 fully saturated rings. The first kappa shape index (κ1) is 18.8. The molecule has 0 spiro atoms. The van der Waals surface area contributed by atoms with E-state index < -0.39 is 15.9 Å². The van der Waals surface area contributed by atoms with Gasteiger partial charge in [-0.05, 0) is 37.4 Å². The second kappa shape index (κ2) is 7.75. The number of hydrogen-bond acceptors (Lipinski definition) is 4. The number of anilines is 1. The van der Waals surface area contributed by atoms with E-state index in [2.05, 4.69) is 10.2 Å². The predicted octanol–water partition coefficient (Wildman–Crippen LogP) is 2.53. The summed E-state index contributed by atoms with van der Waals surface area (Å²) in [4.78, 5) is 14.7. The van der Waals surface area contributed by atoms with Gasteiger partial charge < -0.3 is 10.2 Å². The number of benzene rings is 2. The Kier molecular flexibility index (Phi) is 5.62. The number of rotatable bonds is 4. The summed E-state index contributed by atoms with van der Waals surface area (Å²) in [6.07, 6.45) is 0. The Labute approximate surface area is 158 Å². The van der Waals surface area contributed by atoms with Crippen molar-refractivity contribution in [2.75, 3.05) is 38.5 Å². The highest BCUT2D eigenvalue weighted by molar-refractivity contribution is 7.89. The number of hydrogen-bond donors (Lipinski definition) is 1. The normalized spacial score (nSPS) is 16.4. The van der Waals surface area contributed by atoms with Crippen LogP contribution in [0.25, 0.3) is 0 Å². The van der Waals surface area contributed by atoms with Crippen LogP contribution in [-0.4, -0.2) is 56.8 Å². The van der Waals surface area contributed by atoms with E-state index in [1.54, 1.807) is 24.3 Å². The van der Waals surface area contributed by atoms with Crippen LogP contribution in [0.1, 0.15) is 10.4 Å². The zero-order valence-corrected chi connectivity index (χ0v) is 15.9. The van der Waals surface area contributed by atoms with Gasteiger partial charge in [0, 0.05) is 31.9 Å². The van der Waals surface area contributed by atoms with Crippen LogP contribution in [0.4, 0.5) is 5.69 Å². The molecule has 1 aliphatic rings. The van der Waals surface area contributed by atoms with E-state index in [4.69, 9.17) is 11.6 Å². The largest absolute Gasteiger partial charge is 0.322 e. The molecule has 0 atom stereocenters. The number of sulfonamides is 1. The summed E-state index contributed by atoms with van der Waals surface area (Å²) in [6.45, 7) is 2.20. The van der Waals surface area contributed by atoms with Crippen LogP contribution in [0.2, 0.25) is 5.02 Å². The number of carbonyl (C=O) groups is 1. The third-order valence-electron chi connectivity index (χ3n) is 4.31. The van der Waals surface area contributed by atoms with Gasteiger partial charge in [0.1, 0.15) is 0 Å². The molecule has 3 rings (SSSR count). The van der Waals surface area contributed by atoms with Crippen LogP contribution < -0.4 is 5.32 Å². The zero-order chi connectivity index (χ0) is 18.7. The van der Waals surface area contributed by atoms with Gasteiger partial charge in [0.15, 0.2) is 0 Å². The molecule has 138 valence electrons. The fourth-order valence-corrected chi connectivity index (χ4v) is 4.39. The molecule has 0 unspecified atom stereocenters. The lowest BCUT2D eigenvalue weighted by Gasteiger charge is -2.31. The zero-order valence-electron chi connectivity index (χ0n) is 14.4. The van der Waals surface area contributed by atoms with Gasteiger partial charge in [-0.3, -0.25) is 4.79 Å². The van der Waals surface area contributed by atoms with E-state index in [1.807, 2.05) is 13.1 Å². The minimum atomic E-state index is -3.66. The minimum Gasteiger partial charge on any atom is -0.322 e. The van der Waals surface area contributed by atoms with E-state index in [1.165, 1.54) is 22.5 Å². The molecule has 1 aliphatic heterocycles. The van der Waals surface area contributed by atoms with Crippen molar-refractivity contribution in [3.05, 3.63) is 59.1 Å². The SMILES string of the molecule is CN1CCN(S(=O)(=O)c2ccc(Cl)c(C(=O)Nc3ccccc3)c2)CC1. The molecule has 1 N–H and O–H groups in total. The first-order chi connectivity index (χ1) is 12.4. The maximum Gasteiger partial charge on any atom is 0.257 e. The van der Waals surface area contributed by atoms with Crippen molar-refractivity contribution in [1.29, 1.82) is 0 Å². The monoisotopic (exact) mass is 393 g/mol. The standard InChI is InChI=1S/C18H20ClN3O3S/c1-21-9-11-22(12-10-21)26(24,25)15-7-8-17(19)16(13-15)18(23)20-14-5-3-2-4-6-14/h2-8,13H,9-12H2,1H3,(H,20,23). The van der Waals surface area contributed by atoms with Gasteiger partial charge in [-0.1, -0.05) is 29.8 Å². The Morgan fingerprint density at radius 3 is 2.35 bits per heavy atom. The molecule has 1 amide bonds. The average molecular weight is 394 g/mol. The number of para-hydroxylation sites is 1. The van der Waals surface area contributed by atoms with Crippen molar-refractivity contribution < 1.29 is 13.2 Å². The third kappa shape index (κ3) is 4.07. The fourth-order valence-electron chi connectivity index (χ4n) is 2.74. The summed E-state index contributed by atoms with van der Waals surface area (Å²) in [5, 5.41) is 2.93. The van der Waals surface area contributed by atoms with Crippen LogP contribution in [0.15, 0.2) is 53.4 Å². The summed E-state index contributed by atoms with van der Waals surface area (Å²) in [6, 6.07) is 13.2. The first-order valence-electron chi connectivity index (χ1n) is 8.22. The Bertz CT molecular complexity index is 895. The Hall–Kier alpha value is -1.93. The van der Waals surface area contributed by atoms with Gasteiger partial charge in [-0.15, -0.1) is 0 Å². The summed E-state index contributed by atoms with van der Waals surface area (Å²) < 4.78 is 27.2. The molecule has 2 aromatic rings. The molecule has 26 heavy (non-hydrogen) atoms. The summed E-state index contributed by atoms with van der Waals surface area (Å²) in [5.41, 5.74) is 0.742. The predicted molar refractivity (Wildman–Crippen MR) is 102 cm³/mol. The summed E-state index contributed by atoms with van der Waals surface area (Å²) in [7, 11) is -1.71. The third-order valence-corrected chi connectivity index (χ3v) is 6.54. The van der Waals surface area contributed by atoms with Crippen molar-refractivity contribution in [2.24, 2.45) is 0 Å². The highest BCUT2D eigenvalue weighted by Crippen LogP contribution is 2.24. The molecule has 2 aromatic carbocycles. The number of nitrogens with zero attached hydrogens (tertiary/aromatic N) is 2. The number of carbonyl (C=O) groups excluding carboxylic acids is 1. The van der Waals surface area contributed by atoms with Crippen molar-refractivity contribution in [3.63, 3.8) is 0 Å². The number of halogens is 1. The minimum absolute atomic E-state index is 0.0738. The fraction of sp³-hybridized carbons (Fsp3) is 0.278. The Balaban J connectivity index is 1.86. The van der Waals surface area contributed by atoms with Crippen LogP contribution in [0.3, 0.4) is 0 Å². The lowest BCUT2D eigenvalue weighted by Crippen LogP contribution is -2.47. The van der Waals surface area contributed by atoms with E-state index in [0.717, 1.165) is 0 Å². The van der Waals surface area contributed by atoms with Gasteiger partial charge in [-0.25, -0.2) is 8.42 Å². The quantitative estimate of drug-likeness (QED) is 0.866. The van der Waals surface area contributed by atoms with E-state index in [0.29, 0.717) is 31.9 Å². The molecule has 1 heterocycles. The second-order valence-electron chi connectivity index (χ2n) is 6.17. The van der Waals surface area contributed by atoms with Crippen LogP contribution >= 0.6 is 11.6 Å². The van der Waals surface area contributed by atoms with Crippen LogP contribution in [0, 0.1) is 0 Å². The molecule has 0 saturated carbocycles. The molecule has 8 heteroatoms. The molecular formula is C18H20ClN3O3S. The van der Waals surface area contributed by atoms with Gasteiger partial charge in [-0.2, -0.15) is 4.31 Å². The number of amides is 1. The molecule has 1 saturated heterocycles. The van der Waals surface area contributed by atoms with E-state index in [-0.39, 0.29) is 15.5 Å². The van der Waals surface area contributed by atoms with Gasteiger partial charge in [0.05, 0.1) is 15.5 Å². The highest BCUT2D eigenvalue weighted by atomic mass is 35.5. The Morgan fingerprint density at radius 1 is 1.04 bits per heavy atom. The summed E-state index contributed by atoms with van der Waals surface area (Å²) >= 11 is 6.14. The maximum atomic E-state index is 12.9. The van der Waals surface area contributed by atoms with Crippen molar-refractivity contribution in [3.8, 4) is 0 Å². The summed E-state index contributed by atoms with van der Waals surface area (Å²) in [5.74, 6) is -0.448. The average Bonchev–Trinajstić information content (AvgIpc) is 2.63. The van der Waals surface area contributed by atoms with Gasteiger partial charge >= 0.3 is 0 Å². The van der Waals surface area contributed by atoms with Crippen molar-refractivity contribution in [2.45, 2.75) is 4.90 Å². The first-order valence-corrected chi connectivity index (χ1v) is 10.0. The molecule has 0 bridgehead atoms. The molecule has 6 nitrogen and oxygen atoms in total. The lowest BCUT2D eigenvalue weighted by molar-refractivity contribution is 0.102. The van der Waals surface area contributed by atoms with Gasteiger partial charge in [0.2, 0.25) is 10.0 Å². The smallest absolute Gasteiger partial charge is 0.257 e. The van der Waals surface area contributed by atoms with Crippen LogP contribution in [-0.2, 0) is 10.0 Å². The number of likely N-dealkylation sites (N-methyl/N-ethyl adjacent to an activating group) is 1. The second-order valence-corrected chi connectivity index (χ2v) is 8.51. The topological polar surface area (TPSA) is 69.7 Å². The molecular weight excluding hydrogens is 374 g/mol. The van der Waals surface area contributed by atoms with Crippen molar-refractivity contribution >= 4 is 33.2 Å². The number of piperazine rings is 1. The maximum absolute atomic E-state index is 12.9. The van der Waals surface area contributed by atoms with E-state index in [9.17, 15) is 13.2 Å². The number of nitrogens with one attached hydrogen (secondary N) is 1. The van der Waals surface area contributed by atoms with Gasteiger partial charge in [0.25, 0.3) is 5.91 Å². The lowest BCUT2D eigenvalue weighted by atomic mass is 10.2. The molecule has 0 aliphatic carbocycles.